The van der Waals surface area contributed by atoms with E-state index in [1.807, 2.05) is 0 Å². The van der Waals surface area contributed by atoms with Crippen LogP contribution in [0.2, 0.25) is 0 Å². The van der Waals surface area contributed by atoms with Crippen LogP contribution in [0.15, 0.2) is 24.3 Å². The second kappa shape index (κ2) is 8.63. The molecule has 2 saturated heterocycles. The molecule has 2 aliphatic heterocycles. The number of halogens is 6. The van der Waals surface area contributed by atoms with Crippen LogP contribution in [0.1, 0.15) is 66.4 Å². The molecule has 1 aromatic carbocycles. The number of nitrogens with one attached hydrogen (secondary N) is 1. The summed E-state index contributed by atoms with van der Waals surface area (Å²) in [5.74, 6) is -0.605. The van der Waals surface area contributed by atoms with E-state index >= 15 is 0 Å². The van der Waals surface area contributed by atoms with Gasteiger partial charge in [-0.15, -0.1) is 0 Å². The summed E-state index contributed by atoms with van der Waals surface area (Å²) in [5.41, 5.74) is -0.507. The van der Waals surface area contributed by atoms with Crippen molar-refractivity contribution < 1.29 is 36.2 Å². The molecule has 0 spiro atoms. The van der Waals surface area contributed by atoms with E-state index in [1.165, 1.54) is 0 Å². The van der Waals surface area contributed by atoms with Crippen LogP contribution < -0.4 is 0 Å². The van der Waals surface area contributed by atoms with E-state index in [9.17, 15) is 36.2 Å². The van der Waals surface area contributed by atoms with Crippen molar-refractivity contribution >= 4 is 6.03 Å². The number of carbonyl (C=O) groups is 1. The Morgan fingerprint density at radius 3 is 2.14 bits per heavy atom. The first kappa shape index (κ1) is 24.8. The van der Waals surface area contributed by atoms with Gasteiger partial charge in [0.25, 0.3) is 0 Å². The van der Waals surface area contributed by atoms with E-state index in [0.717, 1.165) is 5.56 Å². The molecule has 3 aliphatic rings. The Morgan fingerprint density at radius 2 is 1.61 bits per heavy atom. The Balaban J connectivity index is 1.11. The fourth-order valence-electron chi connectivity index (χ4n) is 5.06. The molecule has 2 amide bonds. The predicted octanol–water partition coefficient (Wildman–Crippen LogP) is 4.39. The molecule has 3 fully saturated rings. The van der Waals surface area contributed by atoms with Gasteiger partial charge in [-0.2, -0.15) is 31.4 Å². The van der Waals surface area contributed by atoms with Gasteiger partial charge in [0.1, 0.15) is 5.82 Å². The normalized spacial score (nSPS) is 21.9. The third kappa shape index (κ3) is 4.41. The van der Waals surface area contributed by atoms with Crippen molar-refractivity contribution in [2.45, 2.75) is 61.4 Å². The highest BCUT2D eigenvalue weighted by Gasteiger charge is 2.64. The average Bonchev–Trinajstić information content (AvgIpc) is 3.49. The van der Waals surface area contributed by atoms with Crippen LogP contribution in [0.5, 0.6) is 0 Å². The van der Waals surface area contributed by atoms with Crippen molar-refractivity contribution in [3.63, 3.8) is 0 Å². The largest absolute Gasteiger partial charge is 0.421 e. The highest BCUT2D eigenvalue weighted by atomic mass is 19.4. The number of alkyl halides is 6. The van der Waals surface area contributed by atoms with Crippen LogP contribution in [0.25, 0.3) is 0 Å². The third-order valence-electron chi connectivity index (χ3n) is 7.61. The van der Waals surface area contributed by atoms with Gasteiger partial charge in [-0.3, -0.25) is 5.10 Å². The first-order valence-electron chi connectivity index (χ1n) is 11.8. The molecule has 2 aromatic rings. The lowest BCUT2D eigenvalue weighted by atomic mass is 9.88. The molecule has 0 radical (unpaired) electrons. The number of likely N-dealkylation sites (tertiary alicyclic amines) is 2. The molecule has 7 nitrogen and oxygen atoms in total. The van der Waals surface area contributed by atoms with Crippen molar-refractivity contribution in [3.8, 4) is 0 Å². The minimum atomic E-state index is -4.85. The first-order chi connectivity index (χ1) is 16.9. The van der Waals surface area contributed by atoms with Crippen molar-refractivity contribution in [2.75, 3.05) is 26.2 Å². The second-order valence-electron chi connectivity index (χ2n) is 9.87. The second-order valence-corrected chi connectivity index (χ2v) is 9.87. The van der Waals surface area contributed by atoms with Crippen molar-refractivity contribution in [1.82, 2.24) is 25.0 Å². The molecule has 1 saturated carbocycles. The van der Waals surface area contributed by atoms with Gasteiger partial charge in [0.15, 0.2) is 5.82 Å². The fraction of sp³-hybridized carbons (Fsp3) is 0.609. The summed E-state index contributed by atoms with van der Waals surface area (Å²) in [4.78, 5) is 20.0. The van der Waals surface area contributed by atoms with Gasteiger partial charge >= 0.3 is 18.4 Å². The monoisotopic (exact) mass is 517 g/mol. The molecule has 1 aromatic heterocycles. The van der Waals surface area contributed by atoms with Crippen LogP contribution in [0.3, 0.4) is 0 Å². The van der Waals surface area contributed by atoms with Crippen molar-refractivity contribution in [1.29, 1.82) is 0 Å². The summed E-state index contributed by atoms with van der Waals surface area (Å²) in [7, 11) is 0. The standard InChI is InChI=1S/C23H25F6N5O2/c24-22(25,26)17(35)19-30-18(31-32-19)14-5-9-33(10-6-14)20(36)34-11-15(12-34)13-1-3-16(4-2-13)21(7-8-21)23(27,28)29/h1-4,14-15,17,35H,5-12H2,(H,30,31,32). The van der Waals surface area contributed by atoms with E-state index < -0.39 is 29.7 Å². The lowest BCUT2D eigenvalue weighted by molar-refractivity contribution is -0.209. The molecule has 13 heteroatoms. The average molecular weight is 517 g/mol. The van der Waals surface area contributed by atoms with Gasteiger partial charge in [-0.25, -0.2) is 9.78 Å². The quantitative estimate of drug-likeness (QED) is 0.590. The third-order valence-corrected chi connectivity index (χ3v) is 7.61. The number of piperidine rings is 1. The number of amides is 2. The Morgan fingerprint density at radius 1 is 1.00 bits per heavy atom. The van der Waals surface area contributed by atoms with Gasteiger partial charge in [0.2, 0.25) is 6.10 Å². The zero-order chi connectivity index (χ0) is 25.9. The zero-order valence-electron chi connectivity index (χ0n) is 19.1. The number of aliphatic hydroxyl groups excluding tert-OH is 1. The van der Waals surface area contributed by atoms with E-state index in [2.05, 4.69) is 15.2 Å². The first-order valence-corrected chi connectivity index (χ1v) is 11.8. The minimum Gasteiger partial charge on any atom is -0.377 e. The van der Waals surface area contributed by atoms with Gasteiger partial charge in [-0.1, -0.05) is 24.3 Å². The van der Waals surface area contributed by atoms with Crippen LogP contribution in [-0.2, 0) is 5.41 Å². The van der Waals surface area contributed by atoms with E-state index in [-0.39, 0.29) is 36.5 Å². The highest BCUT2D eigenvalue weighted by molar-refractivity contribution is 5.75. The van der Waals surface area contributed by atoms with E-state index in [1.54, 1.807) is 34.1 Å². The summed E-state index contributed by atoms with van der Waals surface area (Å²) >= 11 is 0. The number of benzene rings is 1. The Hall–Kier alpha value is -2.83. The SMILES string of the molecule is O=C(N1CCC(c2nc(C(O)C(F)(F)F)n[nH]2)CC1)N1CC(c2ccc(C3(C(F)(F)F)CC3)cc2)C1. The smallest absolute Gasteiger partial charge is 0.377 e. The van der Waals surface area contributed by atoms with Gasteiger partial charge in [0.05, 0.1) is 5.41 Å². The lowest BCUT2D eigenvalue weighted by Crippen LogP contribution is -2.55. The van der Waals surface area contributed by atoms with E-state index in [4.69, 9.17) is 0 Å². The number of carbonyl (C=O) groups excluding carboxylic acids is 1. The topological polar surface area (TPSA) is 85.4 Å². The van der Waals surface area contributed by atoms with E-state index in [0.29, 0.717) is 44.6 Å². The van der Waals surface area contributed by atoms with Crippen LogP contribution in [0.4, 0.5) is 31.1 Å². The van der Waals surface area contributed by atoms with Crippen molar-refractivity contribution in [2.24, 2.45) is 0 Å². The predicted molar refractivity (Wildman–Crippen MR) is 114 cm³/mol. The maximum absolute atomic E-state index is 13.3. The zero-order valence-corrected chi connectivity index (χ0v) is 19.1. The number of nitrogens with zero attached hydrogens (tertiary/aromatic N) is 4. The Kier molecular flexibility index (Phi) is 5.96. The number of aliphatic hydroxyl groups is 1. The Labute approximate surface area is 202 Å². The van der Waals surface area contributed by atoms with Crippen LogP contribution in [0, 0.1) is 0 Å². The molecule has 36 heavy (non-hydrogen) atoms. The number of urea groups is 1. The Bertz CT molecular complexity index is 1100. The van der Waals surface area contributed by atoms with Gasteiger partial charge in [0, 0.05) is 38.0 Å². The highest BCUT2D eigenvalue weighted by Crippen LogP contribution is 2.58. The lowest BCUT2D eigenvalue weighted by Gasteiger charge is -2.43. The maximum Gasteiger partial charge on any atom is 0.421 e. The number of hydrogen-bond acceptors (Lipinski definition) is 4. The number of aromatic nitrogens is 3. The number of hydrogen-bond donors (Lipinski definition) is 2. The molecule has 0 bridgehead atoms. The molecular weight excluding hydrogens is 492 g/mol. The summed E-state index contributed by atoms with van der Waals surface area (Å²) in [6.45, 7) is 1.75. The molecule has 1 atom stereocenters. The molecule has 3 heterocycles. The number of H-pyrrole nitrogens is 1. The molecule has 196 valence electrons. The van der Waals surface area contributed by atoms with Gasteiger partial charge < -0.3 is 14.9 Å². The summed E-state index contributed by atoms with van der Waals surface area (Å²) < 4.78 is 77.9. The molecule has 1 unspecified atom stereocenters. The number of aromatic amines is 1. The van der Waals surface area contributed by atoms with Crippen LogP contribution >= 0.6 is 0 Å². The van der Waals surface area contributed by atoms with Gasteiger partial charge in [-0.05, 0) is 36.8 Å². The maximum atomic E-state index is 13.3. The summed E-state index contributed by atoms with van der Waals surface area (Å²) in [6, 6.07) is 6.41. The van der Waals surface area contributed by atoms with Crippen LogP contribution in [-0.4, -0.2) is 74.7 Å². The van der Waals surface area contributed by atoms with Crippen molar-refractivity contribution in [3.05, 3.63) is 47.0 Å². The summed E-state index contributed by atoms with van der Waals surface area (Å²) in [5, 5.41) is 15.2. The molecule has 2 N–H and O–H groups in total. The molecular formula is C23H25F6N5O2. The fourth-order valence-corrected chi connectivity index (χ4v) is 5.06. The molecule has 1 aliphatic carbocycles. The minimum absolute atomic E-state index is 0.0641. The number of rotatable bonds is 4. The summed E-state index contributed by atoms with van der Waals surface area (Å²) in [6.07, 6.45) is -10.6. The molecule has 5 rings (SSSR count).